The molecule has 6 nitrogen and oxygen atoms in total. The molecule has 0 bridgehead atoms. The smallest absolute Gasteiger partial charge is 0.131 e. The third-order valence-corrected chi connectivity index (χ3v) is 3.49. The first-order chi connectivity index (χ1) is 10.1. The van der Waals surface area contributed by atoms with E-state index in [1.165, 1.54) is 0 Å². The summed E-state index contributed by atoms with van der Waals surface area (Å²) in [7, 11) is 8.54. The molecule has 1 aromatic carbocycles. The number of hydrogen-bond acceptors (Lipinski definition) is 6. The molecule has 1 rings (SSSR count). The van der Waals surface area contributed by atoms with E-state index in [2.05, 4.69) is 4.90 Å². The Balaban J connectivity index is 3.23. The van der Waals surface area contributed by atoms with E-state index in [-0.39, 0.29) is 6.04 Å². The van der Waals surface area contributed by atoms with E-state index in [0.29, 0.717) is 30.4 Å². The molecule has 120 valence electrons. The molecule has 1 unspecified atom stereocenters. The highest BCUT2D eigenvalue weighted by molar-refractivity contribution is 5.52. The van der Waals surface area contributed by atoms with E-state index < -0.39 is 0 Å². The van der Waals surface area contributed by atoms with Crippen LogP contribution in [0.3, 0.4) is 0 Å². The molecule has 1 aromatic rings. The van der Waals surface area contributed by atoms with Gasteiger partial charge in [-0.15, -0.1) is 0 Å². The van der Waals surface area contributed by atoms with Crippen LogP contribution in [0.1, 0.15) is 11.6 Å². The van der Waals surface area contributed by atoms with E-state index in [1.54, 1.807) is 28.4 Å². The van der Waals surface area contributed by atoms with Gasteiger partial charge in [-0.3, -0.25) is 4.90 Å². The largest absolute Gasteiger partial charge is 0.496 e. The number of rotatable bonds is 9. The lowest BCUT2D eigenvalue weighted by atomic mass is 10.0. The SMILES string of the molecule is COCCN(C)C(CN)c1c(OC)cc(OC)cc1OC. The second-order valence-electron chi connectivity index (χ2n) is 4.67. The molecule has 6 heteroatoms. The van der Waals surface area contributed by atoms with Crippen molar-refractivity contribution in [3.63, 3.8) is 0 Å². The quantitative estimate of drug-likeness (QED) is 0.741. The molecule has 0 aliphatic carbocycles. The van der Waals surface area contributed by atoms with Gasteiger partial charge in [-0.05, 0) is 7.05 Å². The predicted octanol–water partition coefficient (Wildman–Crippen LogP) is 1.29. The normalized spacial score (nSPS) is 12.3. The Morgan fingerprint density at radius 3 is 2.00 bits per heavy atom. The van der Waals surface area contributed by atoms with Crippen molar-refractivity contribution in [2.24, 2.45) is 5.73 Å². The lowest BCUT2D eigenvalue weighted by Gasteiger charge is -2.29. The van der Waals surface area contributed by atoms with Crippen LogP contribution in [0.2, 0.25) is 0 Å². The zero-order valence-electron chi connectivity index (χ0n) is 13.5. The van der Waals surface area contributed by atoms with Crippen LogP contribution in [0.15, 0.2) is 12.1 Å². The van der Waals surface area contributed by atoms with E-state index in [4.69, 9.17) is 24.7 Å². The Kier molecular flexibility index (Phi) is 7.28. The van der Waals surface area contributed by atoms with E-state index in [9.17, 15) is 0 Å². The highest BCUT2D eigenvalue weighted by Crippen LogP contribution is 2.39. The number of nitrogens with two attached hydrogens (primary N) is 1. The fourth-order valence-corrected chi connectivity index (χ4v) is 2.27. The Labute approximate surface area is 126 Å². The van der Waals surface area contributed by atoms with Gasteiger partial charge in [-0.1, -0.05) is 0 Å². The Morgan fingerprint density at radius 2 is 1.62 bits per heavy atom. The molecule has 0 saturated heterocycles. The summed E-state index contributed by atoms with van der Waals surface area (Å²) in [4.78, 5) is 2.12. The fraction of sp³-hybridized carbons (Fsp3) is 0.600. The number of nitrogens with zero attached hydrogens (tertiary/aromatic N) is 1. The summed E-state index contributed by atoms with van der Waals surface area (Å²) in [6.45, 7) is 1.84. The van der Waals surface area contributed by atoms with E-state index in [1.807, 2.05) is 19.2 Å². The second-order valence-corrected chi connectivity index (χ2v) is 4.67. The molecule has 0 spiro atoms. The molecule has 0 aromatic heterocycles. The lowest BCUT2D eigenvalue weighted by molar-refractivity contribution is 0.138. The van der Waals surface area contributed by atoms with Gasteiger partial charge in [0, 0.05) is 32.3 Å². The van der Waals surface area contributed by atoms with Gasteiger partial charge in [0.25, 0.3) is 0 Å². The van der Waals surface area contributed by atoms with Crippen molar-refractivity contribution in [1.29, 1.82) is 0 Å². The van der Waals surface area contributed by atoms with Crippen LogP contribution in [0, 0.1) is 0 Å². The third kappa shape index (κ3) is 4.23. The zero-order chi connectivity index (χ0) is 15.8. The number of benzene rings is 1. The summed E-state index contributed by atoms with van der Waals surface area (Å²) in [5.74, 6) is 2.08. The maximum absolute atomic E-state index is 5.97. The van der Waals surface area contributed by atoms with Crippen molar-refractivity contribution in [2.45, 2.75) is 6.04 Å². The summed E-state index contributed by atoms with van der Waals surface area (Å²) in [6.07, 6.45) is 0. The van der Waals surface area contributed by atoms with E-state index >= 15 is 0 Å². The van der Waals surface area contributed by atoms with Crippen molar-refractivity contribution < 1.29 is 18.9 Å². The van der Waals surface area contributed by atoms with Gasteiger partial charge in [0.2, 0.25) is 0 Å². The molecular formula is C15H26N2O4. The monoisotopic (exact) mass is 298 g/mol. The van der Waals surface area contributed by atoms with Crippen molar-refractivity contribution >= 4 is 0 Å². The minimum atomic E-state index is -0.0315. The standard InChI is InChI=1S/C15H26N2O4/c1-17(6-7-18-2)12(10-16)15-13(20-4)8-11(19-3)9-14(15)21-5/h8-9,12H,6-7,10,16H2,1-5H3. The maximum atomic E-state index is 5.97. The molecule has 0 radical (unpaired) electrons. The Hall–Kier alpha value is -1.50. The Morgan fingerprint density at radius 1 is 1.05 bits per heavy atom. The predicted molar refractivity (Wildman–Crippen MR) is 82.4 cm³/mol. The third-order valence-electron chi connectivity index (χ3n) is 3.49. The van der Waals surface area contributed by atoms with Crippen LogP contribution in [-0.4, -0.2) is 60.1 Å². The molecule has 0 aliphatic heterocycles. The van der Waals surface area contributed by atoms with Gasteiger partial charge in [-0.2, -0.15) is 0 Å². The van der Waals surface area contributed by atoms with Crippen molar-refractivity contribution in [3.05, 3.63) is 17.7 Å². The molecule has 0 heterocycles. The molecule has 0 saturated carbocycles. The molecule has 21 heavy (non-hydrogen) atoms. The minimum absolute atomic E-state index is 0.0315. The average molecular weight is 298 g/mol. The Bertz CT molecular complexity index is 415. The van der Waals surface area contributed by atoms with Crippen molar-refractivity contribution in [1.82, 2.24) is 4.90 Å². The molecule has 0 fully saturated rings. The maximum Gasteiger partial charge on any atom is 0.131 e. The highest BCUT2D eigenvalue weighted by Gasteiger charge is 2.24. The van der Waals surface area contributed by atoms with Gasteiger partial charge in [0.15, 0.2) is 0 Å². The first kappa shape index (κ1) is 17.6. The summed E-state index contributed by atoms with van der Waals surface area (Å²) >= 11 is 0. The summed E-state index contributed by atoms with van der Waals surface area (Å²) in [5, 5.41) is 0. The first-order valence-electron chi connectivity index (χ1n) is 6.82. The van der Waals surface area contributed by atoms with Gasteiger partial charge in [0.1, 0.15) is 17.2 Å². The van der Waals surface area contributed by atoms with Gasteiger partial charge >= 0.3 is 0 Å². The lowest BCUT2D eigenvalue weighted by Crippen LogP contribution is -2.33. The van der Waals surface area contributed by atoms with Crippen LogP contribution in [0.25, 0.3) is 0 Å². The van der Waals surface area contributed by atoms with Gasteiger partial charge in [-0.25, -0.2) is 0 Å². The summed E-state index contributed by atoms with van der Waals surface area (Å²) in [5.41, 5.74) is 6.89. The second kappa shape index (κ2) is 8.71. The fourth-order valence-electron chi connectivity index (χ4n) is 2.27. The van der Waals surface area contributed by atoms with Crippen molar-refractivity contribution in [3.8, 4) is 17.2 Å². The number of hydrogen-bond donors (Lipinski definition) is 1. The van der Waals surface area contributed by atoms with Gasteiger partial charge in [0.05, 0.1) is 39.5 Å². The number of methoxy groups -OCH3 is 4. The van der Waals surface area contributed by atoms with Gasteiger partial charge < -0.3 is 24.7 Å². The van der Waals surface area contributed by atoms with Crippen LogP contribution < -0.4 is 19.9 Å². The minimum Gasteiger partial charge on any atom is -0.496 e. The average Bonchev–Trinajstić information content (AvgIpc) is 2.53. The summed E-state index contributed by atoms with van der Waals surface area (Å²) < 4.78 is 21.4. The number of ether oxygens (including phenoxy) is 4. The highest BCUT2D eigenvalue weighted by atomic mass is 16.5. The molecule has 0 aliphatic rings. The van der Waals surface area contributed by atoms with E-state index in [0.717, 1.165) is 12.1 Å². The van der Waals surface area contributed by atoms with Crippen LogP contribution >= 0.6 is 0 Å². The molecular weight excluding hydrogens is 272 g/mol. The molecule has 2 N–H and O–H groups in total. The molecule has 0 amide bonds. The topological polar surface area (TPSA) is 66.2 Å². The first-order valence-corrected chi connectivity index (χ1v) is 6.82. The van der Waals surface area contributed by atoms with Crippen LogP contribution in [-0.2, 0) is 4.74 Å². The zero-order valence-corrected chi connectivity index (χ0v) is 13.5. The summed E-state index contributed by atoms with van der Waals surface area (Å²) in [6, 6.07) is 3.64. The number of likely N-dealkylation sites (N-methyl/N-ethyl adjacent to an activating group) is 1. The van der Waals surface area contributed by atoms with Crippen LogP contribution in [0.4, 0.5) is 0 Å². The van der Waals surface area contributed by atoms with Crippen LogP contribution in [0.5, 0.6) is 17.2 Å². The molecule has 1 atom stereocenters. The van der Waals surface area contributed by atoms with Crippen molar-refractivity contribution in [2.75, 3.05) is 55.2 Å².